The van der Waals surface area contributed by atoms with E-state index in [0.29, 0.717) is 0 Å². The van der Waals surface area contributed by atoms with Crippen LogP contribution < -0.4 is 9.80 Å². The van der Waals surface area contributed by atoms with Crippen LogP contribution in [-0.2, 0) is 0 Å². The van der Waals surface area contributed by atoms with E-state index in [4.69, 9.17) is 10.1 Å². The van der Waals surface area contributed by atoms with Gasteiger partial charge in [0.1, 0.15) is 0 Å². The average Bonchev–Trinajstić information content (AvgIpc) is 2.80. The van der Waals surface area contributed by atoms with E-state index < -0.39 is 12.6 Å². The van der Waals surface area contributed by atoms with Crippen molar-refractivity contribution in [1.29, 1.82) is 0 Å². The summed E-state index contributed by atoms with van der Waals surface area (Å²) in [7, 11) is 15.5. The SMILES string of the molecule is CN(C)c1ccc(C2=CC(c3ccccc3)=CC(c3ccc(N(C)C)cc3)=[Se]2Cl)cc1. The molecule has 158 valence electrons. The van der Waals surface area contributed by atoms with Crippen LogP contribution in [0.4, 0.5) is 11.4 Å². The predicted octanol–water partition coefficient (Wildman–Crippen LogP) is 5.87. The van der Waals surface area contributed by atoms with Crippen LogP contribution in [0.3, 0.4) is 0 Å². The summed E-state index contributed by atoms with van der Waals surface area (Å²) in [4.78, 5) is 4.24. The van der Waals surface area contributed by atoms with Crippen molar-refractivity contribution in [1.82, 2.24) is 0 Å². The molecule has 2 nitrogen and oxygen atoms in total. The Kier molecular flexibility index (Phi) is 6.48. The van der Waals surface area contributed by atoms with Crippen molar-refractivity contribution in [2.24, 2.45) is 0 Å². The second kappa shape index (κ2) is 9.28. The molecule has 0 saturated heterocycles. The summed E-state index contributed by atoms with van der Waals surface area (Å²) in [5.74, 6) is 0. The first-order chi connectivity index (χ1) is 14.9. The molecule has 3 aromatic carbocycles. The Hall–Kier alpha value is -2.58. The summed E-state index contributed by atoms with van der Waals surface area (Å²) >= 11 is -1.71. The normalized spacial score (nSPS) is 15.9. The zero-order chi connectivity index (χ0) is 22.0. The summed E-state index contributed by atoms with van der Waals surface area (Å²) in [6.45, 7) is 0. The van der Waals surface area contributed by atoms with Gasteiger partial charge in [-0.1, -0.05) is 0 Å². The van der Waals surface area contributed by atoms with Gasteiger partial charge < -0.3 is 0 Å². The molecule has 0 spiro atoms. The van der Waals surface area contributed by atoms with Crippen LogP contribution in [0.5, 0.6) is 0 Å². The Morgan fingerprint density at radius 3 is 1.61 bits per heavy atom. The number of rotatable bonds is 5. The maximum atomic E-state index is 7.23. The molecule has 0 amide bonds. The molecule has 1 atom stereocenters. The quantitative estimate of drug-likeness (QED) is 0.410. The molecule has 31 heavy (non-hydrogen) atoms. The third-order valence-electron chi connectivity index (χ3n) is 5.40. The summed E-state index contributed by atoms with van der Waals surface area (Å²) in [6, 6.07) is 28.0. The molecular formula is C27H27ClN2Se. The topological polar surface area (TPSA) is 6.48 Å². The van der Waals surface area contributed by atoms with Crippen LogP contribution in [0, 0.1) is 0 Å². The molecule has 0 bridgehead atoms. The van der Waals surface area contributed by atoms with E-state index in [9.17, 15) is 0 Å². The zero-order valence-electron chi connectivity index (χ0n) is 18.3. The Labute approximate surface area is 193 Å². The molecule has 4 heteroatoms. The van der Waals surface area contributed by atoms with Gasteiger partial charge in [-0.3, -0.25) is 0 Å². The molecule has 0 fully saturated rings. The first kappa shape index (κ1) is 21.6. The van der Waals surface area contributed by atoms with Gasteiger partial charge in [0.2, 0.25) is 0 Å². The minimum atomic E-state index is -1.71. The molecule has 0 N–H and O–H groups in total. The van der Waals surface area contributed by atoms with Gasteiger partial charge in [0.15, 0.2) is 0 Å². The molecule has 0 aliphatic carbocycles. The molecule has 0 radical (unpaired) electrons. The Morgan fingerprint density at radius 1 is 0.581 bits per heavy atom. The van der Waals surface area contributed by atoms with Gasteiger partial charge in [-0.25, -0.2) is 0 Å². The molecule has 3 aromatic rings. The summed E-state index contributed by atoms with van der Waals surface area (Å²) in [5, 5.41) is 0. The van der Waals surface area contributed by atoms with Gasteiger partial charge in [-0.15, -0.1) is 0 Å². The van der Waals surface area contributed by atoms with Crippen LogP contribution in [-0.4, -0.2) is 45.2 Å². The van der Waals surface area contributed by atoms with Crippen molar-refractivity contribution in [3.63, 3.8) is 0 Å². The monoisotopic (exact) mass is 494 g/mol. The third kappa shape index (κ3) is 4.70. The van der Waals surface area contributed by atoms with E-state index in [1.165, 1.54) is 42.5 Å². The number of halogens is 1. The third-order valence-corrected chi connectivity index (χ3v) is 10.2. The van der Waals surface area contributed by atoms with Gasteiger partial charge in [0, 0.05) is 0 Å². The van der Waals surface area contributed by atoms with Crippen LogP contribution in [0.1, 0.15) is 16.7 Å². The molecule has 0 aromatic heterocycles. The molecule has 4 rings (SSSR count). The number of allylic oxidation sites excluding steroid dienone is 3. The minimum absolute atomic E-state index is 1.19. The fourth-order valence-corrected chi connectivity index (χ4v) is 7.86. The Morgan fingerprint density at radius 2 is 1.10 bits per heavy atom. The van der Waals surface area contributed by atoms with Gasteiger partial charge >= 0.3 is 194 Å². The van der Waals surface area contributed by atoms with Crippen molar-refractivity contribution in [2.45, 2.75) is 0 Å². The molecular weight excluding hydrogens is 467 g/mol. The maximum absolute atomic E-state index is 7.23. The summed E-state index contributed by atoms with van der Waals surface area (Å²) in [6.07, 6.45) is 4.57. The molecule has 1 aliphatic rings. The molecule has 1 aliphatic heterocycles. The Bertz CT molecular complexity index is 1160. The number of hydrogen-bond donors (Lipinski definition) is 0. The first-order valence-electron chi connectivity index (χ1n) is 10.3. The van der Waals surface area contributed by atoms with Gasteiger partial charge in [0.25, 0.3) is 0 Å². The van der Waals surface area contributed by atoms with Crippen molar-refractivity contribution in [3.05, 3.63) is 108 Å². The van der Waals surface area contributed by atoms with Gasteiger partial charge in [0.05, 0.1) is 0 Å². The van der Waals surface area contributed by atoms with E-state index in [0.717, 1.165) is 0 Å². The summed E-state index contributed by atoms with van der Waals surface area (Å²) in [5.41, 5.74) is 7.20. The van der Waals surface area contributed by atoms with E-state index in [1.54, 1.807) is 0 Å². The van der Waals surface area contributed by atoms with E-state index >= 15 is 0 Å². The fraction of sp³-hybridized carbons (Fsp3) is 0.148. The number of nitrogens with zero attached hydrogens (tertiary/aromatic N) is 2. The van der Waals surface area contributed by atoms with Crippen LogP contribution in [0.15, 0.2) is 91.0 Å². The molecule has 1 heterocycles. The van der Waals surface area contributed by atoms with Gasteiger partial charge in [-0.2, -0.15) is 0 Å². The first-order valence-corrected chi connectivity index (χ1v) is 14.2. The average molecular weight is 494 g/mol. The number of benzene rings is 3. The van der Waals surface area contributed by atoms with Crippen molar-refractivity contribution in [2.75, 3.05) is 38.0 Å². The van der Waals surface area contributed by atoms with Crippen molar-refractivity contribution in [3.8, 4) is 0 Å². The van der Waals surface area contributed by atoms with Crippen LogP contribution >= 0.6 is 10.1 Å². The van der Waals surface area contributed by atoms with Crippen molar-refractivity contribution < 1.29 is 0 Å². The van der Waals surface area contributed by atoms with E-state index in [1.807, 2.05) is 0 Å². The predicted molar refractivity (Wildman–Crippen MR) is 140 cm³/mol. The number of hydrogen-bond acceptors (Lipinski definition) is 2. The molecule has 0 saturated carbocycles. The molecule has 1 unspecified atom stereocenters. The second-order valence-corrected chi connectivity index (χ2v) is 12.5. The second-order valence-electron chi connectivity index (χ2n) is 7.98. The standard InChI is InChI=1S/C27H27ClN2Se/c1-29(2)24-14-10-21(11-15-24)26-18-23(20-8-6-5-7-9-20)19-27(31(26)28)22-12-16-25(17-13-22)30(3)4/h5-19H,1-4H3. The van der Waals surface area contributed by atoms with Crippen LogP contribution in [0.25, 0.3) is 10.0 Å². The van der Waals surface area contributed by atoms with Crippen molar-refractivity contribution >= 4 is 48.5 Å². The zero-order valence-corrected chi connectivity index (χ0v) is 20.8. The van der Waals surface area contributed by atoms with Crippen LogP contribution in [0.2, 0.25) is 0 Å². The van der Waals surface area contributed by atoms with E-state index in [-0.39, 0.29) is 0 Å². The number of anilines is 2. The van der Waals surface area contributed by atoms with E-state index in [2.05, 4.69) is 129 Å². The summed E-state index contributed by atoms with van der Waals surface area (Å²) < 4.78 is 2.50. The van der Waals surface area contributed by atoms with Gasteiger partial charge in [-0.05, 0) is 0 Å². The Balaban J connectivity index is 1.84. The fourth-order valence-electron chi connectivity index (χ4n) is 3.56.